The van der Waals surface area contributed by atoms with Crippen molar-refractivity contribution < 1.29 is 38.1 Å². The Morgan fingerprint density at radius 1 is 1.04 bits per heavy atom. The minimum absolute atomic E-state index is 0.118. The van der Waals surface area contributed by atoms with Crippen molar-refractivity contribution in [1.29, 1.82) is 0 Å². The fraction of sp³-hybridized carbons (Fsp3) is 0.528. The van der Waals surface area contributed by atoms with Crippen LogP contribution in [0.5, 0.6) is 0 Å². The number of amides is 2. The summed E-state index contributed by atoms with van der Waals surface area (Å²) in [7, 11) is 5.14. The fourth-order valence-electron chi connectivity index (χ4n) is 7.69. The van der Waals surface area contributed by atoms with Crippen molar-refractivity contribution in [2.75, 3.05) is 39.2 Å². The number of carbonyl (C=O) groups is 3. The average molecular weight is 699 g/mol. The van der Waals surface area contributed by atoms with Crippen LogP contribution in [0.4, 0.5) is 10.1 Å². The second kappa shape index (κ2) is 15.1. The highest BCUT2D eigenvalue weighted by atomic mass is 35.5. The Morgan fingerprint density at radius 3 is 2.41 bits per heavy atom. The third-order valence-corrected chi connectivity index (χ3v) is 10.7. The number of carboxylic acids is 1. The minimum Gasteiger partial charge on any atom is -0.481 e. The summed E-state index contributed by atoms with van der Waals surface area (Å²) < 4.78 is 35.6. The molecule has 3 heterocycles. The van der Waals surface area contributed by atoms with Crippen LogP contribution in [0.15, 0.2) is 42.6 Å². The standard InChI is InChI=1S/C36H44ClFN4O7/c1-40-18-25(24-7-4-5-8-29(24)40)34(44)39-28-17-27(38)22(15-26(28)37)16-33(43)42-14-6-9-30(42)35(41-19-31(47-2)32(20-41)48-3)49-23-12-10-21(11-13-23)36(45)46/h4-5,7-8,15,17-18,21,23,30-32,35H,6,9-14,16,19-20H2,1-3H3,(H,39,44)(H,45,46)/t21-,23-,30-,31-,32+,35?/m0/s1. The number of carboxylic acid groups (broad SMARTS) is 1. The SMILES string of the molecule is CO[C@H]1CN(C(O[C@H]2CC[C@H](C(=O)O)CC2)[C@@H]2CCCN2C(=O)Cc2cc(Cl)c(NC(=O)c3cn(C)c4ccccc34)cc2F)C[C@H]1OC. The Kier molecular flexibility index (Phi) is 10.9. The number of rotatable bonds is 11. The molecular weight excluding hydrogens is 655 g/mol. The first-order valence-electron chi connectivity index (χ1n) is 16.9. The topological polar surface area (TPSA) is 123 Å². The van der Waals surface area contributed by atoms with Gasteiger partial charge < -0.3 is 34.1 Å². The lowest BCUT2D eigenvalue weighted by atomic mass is 9.87. The molecule has 2 amide bonds. The molecule has 1 aliphatic carbocycles. The van der Waals surface area contributed by atoms with E-state index < -0.39 is 23.9 Å². The second-order valence-corrected chi connectivity index (χ2v) is 13.8. The zero-order valence-electron chi connectivity index (χ0n) is 28.1. The summed E-state index contributed by atoms with van der Waals surface area (Å²) in [5.74, 6) is -2.46. The lowest BCUT2D eigenvalue weighted by molar-refractivity contribution is -0.158. The fourth-order valence-corrected chi connectivity index (χ4v) is 7.92. The lowest BCUT2D eigenvalue weighted by Gasteiger charge is -2.40. The summed E-state index contributed by atoms with van der Waals surface area (Å²) in [5, 5.41) is 13.1. The average Bonchev–Trinajstić information content (AvgIpc) is 3.83. The number of para-hydroxylation sites is 1. The molecule has 13 heteroatoms. The van der Waals surface area contributed by atoms with E-state index in [0.717, 1.165) is 23.4 Å². The van der Waals surface area contributed by atoms with Crippen molar-refractivity contribution in [3.8, 4) is 0 Å². The molecule has 264 valence electrons. The van der Waals surface area contributed by atoms with Gasteiger partial charge in [0, 0.05) is 58.0 Å². The molecule has 6 rings (SSSR count). The first kappa shape index (κ1) is 35.3. The number of benzene rings is 2. The normalized spacial score (nSPS) is 25.2. The van der Waals surface area contributed by atoms with Gasteiger partial charge in [-0.3, -0.25) is 19.3 Å². The smallest absolute Gasteiger partial charge is 0.306 e. The van der Waals surface area contributed by atoms with Gasteiger partial charge in [-0.05, 0) is 62.3 Å². The first-order chi connectivity index (χ1) is 23.6. The maximum absolute atomic E-state index is 15.6. The minimum atomic E-state index is -0.777. The molecule has 0 radical (unpaired) electrons. The summed E-state index contributed by atoms with van der Waals surface area (Å²) in [5.41, 5.74) is 1.58. The molecule has 3 fully saturated rings. The van der Waals surface area contributed by atoms with Gasteiger partial charge in [-0.15, -0.1) is 0 Å². The molecule has 2 aromatic carbocycles. The van der Waals surface area contributed by atoms with Crippen LogP contribution in [0.1, 0.15) is 54.4 Å². The van der Waals surface area contributed by atoms with Gasteiger partial charge in [-0.2, -0.15) is 0 Å². The van der Waals surface area contributed by atoms with Crippen molar-refractivity contribution in [2.24, 2.45) is 13.0 Å². The van der Waals surface area contributed by atoms with Crippen LogP contribution in [-0.4, -0.2) is 102 Å². The molecule has 3 aromatic rings. The third kappa shape index (κ3) is 7.48. The number of aliphatic carboxylic acids is 1. The lowest BCUT2D eigenvalue weighted by Crippen LogP contribution is -2.53. The number of likely N-dealkylation sites (tertiary alicyclic amines) is 2. The predicted octanol–water partition coefficient (Wildman–Crippen LogP) is 5.09. The Labute approximate surface area is 290 Å². The monoisotopic (exact) mass is 698 g/mol. The van der Waals surface area contributed by atoms with Gasteiger partial charge in [-0.1, -0.05) is 29.8 Å². The summed E-state index contributed by atoms with van der Waals surface area (Å²) in [6.45, 7) is 1.61. The van der Waals surface area contributed by atoms with Gasteiger partial charge in [-0.25, -0.2) is 4.39 Å². The number of fused-ring (bicyclic) bond motifs is 1. The molecule has 0 bridgehead atoms. The van der Waals surface area contributed by atoms with Crippen LogP contribution in [0, 0.1) is 11.7 Å². The van der Waals surface area contributed by atoms with E-state index in [2.05, 4.69) is 10.2 Å². The number of ether oxygens (including phenoxy) is 3. The van der Waals surface area contributed by atoms with Crippen LogP contribution in [-0.2, 0) is 37.3 Å². The number of aromatic nitrogens is 1. The maximum Gasteiger partial charge on any atom is 0.306 e. The molecule has 0 spiro atoms. The zero-order chi connectivity index (χ0) is 34.8. The predicted molar refractivity (Wildman–Crippen MR) is 182 cm³/mol. The molecule has 49 heavy (non-hydrogen) atoms. The van der Waals surface area contributed by atoms with E-state index in [9.17, 15) is 19.5 Å². The van der Waals surface area contributed by atoms with E-state index in [-0.39, 0.29) is 58.9 Å². The molecule has 2 aliphatic heterocycles. The number of hydrogen-bond donors (Lipinski definition) is 2. The largest absolute Gasteiger partial charge is 0.481 e. The highest BCUT2D eigenvalue weighted by Crippen LogP contribution is 2.34. The number of methoxy groups -OCH3 is 2. The van der Waals surface area contributed by atoms with Crippen molar-refractivity contribution in [2.45, 2.75) is 75.5 Å². The number of hydrogen-bond acceptors (Lipinski definition) is 7. The van der Waals surface area contributed by atoms with Crippen LogP contribution in [0.2, 0.25) is 5.02 Å². The molecule has 1 aromatic heterocycles. The van der Waals surface area contributed by atoms with Crippen LogP contribution < -0.4 is 5.32 Å². The molecule has 1 saturated carbocycles. The van der Waals surface area contributed by atoms with Crippen molar-refractivity contribution in [1.82, 2.24) is 14.4 Å². The molecule has 2 N–H and O–H groups in total. The van der Waals surface area contributed by atoms with E-state index in [1.807, 2.05) is 35.9 Å². The van der Waals surface area contributed by atoms with Gasteiger partial charge in [0.05, 0.1) is 53.0 Å². The van der Waals surface area contributed by atoms with E-state index in [1.165, 1.54) is 6.07 Å². The summed E-state index contributed by atoms with van der Waals surface area (Å²) in [4.78, 5) is 42.6. The number of nitrogens with zero attached hydrogens (tertiary/aromatic N) is 3. The molecule has 3 aliphatic rings. The number of halogens is 2. The number of nitrogens with one attached hydrogen (secondary N) is 1. The van der Waals surface area contributed by atoms with E-state index in [0.29, 0.717) is 57.3 Å². The van der Waals surface area contributed by atoms with Crippen LogP contribution in [0.3, 0.4) is 0 Å². The van der Waals surface area contributed by atoms with Crippen molar-refractivity contribution in [3.05, 3.63) is 64.6 Å². The van der Waals surface area contributed by atoms with Crippen LogP contribution in [0.25, 0.3) is 10.9 Å². The van der Waals surface area contributed by atoms with E-state index >= 15 is 4.39 Å². The molecule has 1 unspecified atom stereocenters. The van der Waals surface area contributed by atoms with Crippen molar-refractivity contribution in [3.63, 3.8) is 0 Å². The summed E-state index contributed by atoms with van der Waals surface area (Å²) in [6.07, 6.45) is 4.36. The summed E-state index contributed by atoms with van der Waals surface area (Å²) >= 11 is 6.56. The molecule has 2 saturated heterocycles. The zero-order valence-corrected chi connectivity index (χ0v) is 28.8. The maximum atomic E-state index is 15.6. The Balaban J connectivity index is 1.17. The molecule has 4 atom stereocenters. The number of carbonyl (C=O) groups excluding carboxylic acids is 2. The highest BCUT2D eigenvalue weighted by Gasteiger charge is 2.45. The number of anilines is 1. The quantitative estimate of drug-likeness (QED) is 0.284. The van der Waals surface area contributed by atoms with E-state index in [4.69, 9.17) is 25.8 Å². The van der Waals surface area contributed by atoms with Gasteiger partial charge in [0.25, 0.3) is 5.91 Å². The van der Waals surface area contributed by atoms with Crippen LogP contribution >= 0.6 is 11.6 Å². The number of aryl methyl sites for hydroxylation is 1. The Hall–Kier alpha value is -3.55. The first-order valence-corrected chi connectivity index (χ1v) is 17.3. The highest BCUT2D eigenvalue weighted by molar-refractivity contribution is 6.34. The van der Waals surface area contributed by atoms with Gasteiger partial charge in [0.2, 0.25) is 5.91 Å². The van der Waals surface area contributed by atoms with Gasteiger partial charge in [0.1, 0.15) is 12.0 Å². The second-order valence-electron chi connectivity index (χ2n) is 13.4. The molecular formula is C36H44ClFN4O7. The van der Waals surface area contributed by atoms with Gasteiger partial charge >= 0.3 is 5.97 Å². The van der Waals surface area contributed by atoms with Gasteiger partial charge in [0.15, 0.2) is 0 Å². The Morgan fingerprint density at radius 2 is 1.73 bits per heavy atom. The molecule has 11 nitrogen and oxygen atoms in total. The summed E-state index contributed by atoms with van der Waals surface area (Å²) in [6, 6.07) is 9.77. The Bertz CT molecular complexity index is 1680. The van der Waals surface area contributed by atoms with Crippen molar-refractivity contribution >= 4 is 46.0 Å². The van der Waals surface area contributed by atoms with E-state index in [1.54, 1.807) is 25.3 Å². The third-order valence-electron chi connectivity index (χ3n) is 10.4.